The largest absolute Gasteiger partial charge is 0.459 e. The normalized spacial score (nSPS) is 17.2. The Morgan fingerprint density at radius 3 is 2.60 bits per heavy atom. The van der Waals surface area contributed by atoms with Gasteiger partial charge in [-0.15, -0.1) is 0 Å². The van der Waals surface area contributed by atoms with Crippen molar-refractivity contribution in [2.45, 2.75) is 39.8 Å². The van der Waals surface area contributed by atoms with E-state index in [2.05, 4.69) is 38.4 Å². The van der Waals surface area contributed by atoms with Crippen LogP contribution in [-0.2, 0) is 9.47 Å². The Morgan fingerprint density at radius 1 is 1.28 bits per heavy atom. The number of carbonyl (C=O) groups is 1. The molecule has 136 valence electrons. The lowest BCUT2D eigenvalue weighted by Crippen LogP contribution is -2.39. The number of rotatable bonds is 4. The maximum Gasteiger partial charge on any atom is 0.338 e. The van der Waals surface area contributed by atoms with E-state index in [1.807, 2.05) is 32.9 Å². The molecule has 25 heavy (non-hydrogen) atoms. The maximum absolute atomic E-state index is 12.6. The number of morpholine rings is 1. The molecule has 0 radical (unpaired) electrons. The van der Waals surface area contributed by atoms with E-state index in [-0.39, 0.29) is 18.1 Å². The van der Waals surface area contributed by atoms with Gasteiger partial charge in [-0.3, -0.25) is 4.90 Å². The van der Waals surface area contributed by atoms with Crippen molar-refractivity contribution in [3.8, 4) is 0 Å². The van der Waals surface area contributed by atoms with Crippen molar-refractivity contribution in [3.63, 3.8) is 0 Å². The van der Waals surface area contributed by atoms with Gasteiger partial charge < -0.3 is 13.9 Å². The van der Waals surface area contributed by atoms with Crippen molar-refractivity contribution < 1.29 is 14.3 Å². The predicted octanol–water partition coefficient (Wildman–Crippen LogP) is 3.97. The fraction of sp³-hybridized carbons (Fsp3) is 0.526. The molecule has 1 aliphatic heterocycles. The zero-order valence-electron chi connectivity index (χ0n) is 15.2. The average Bonchev–Trinajstić information content (AvgIpc) is 2.94. The fourth-order valence-electron chi connectivity index (χ4n) is 3.47. The quantitative estimate of drug-likeness (QED) is 0.717. The molecule has 1 atom stereocenters. The van der Waals surface area contributed by atoms with E-state index >= 15 is 0 Å². The molecule has 0 bridgehead atoms. The molecule has 0 aliphatic carbocycles. The first kappa shape index (κ1) is 18.4. The Kier molecular flexibility index (Phi) is 5.51. The van der Waals surface area contributed by atoms with Crippen LogP contribution >= 0.6 is 15.9 Å². The van der Waals surface area contributed by atoms with Crippen molar-refractivity contribution in [2.75, 3.05) is 26.3 Å². The molecular weight excluding hydrogens is 384 g/mol. The first-order valence-electron chi connectivity index (χ1n) is 8.73. The van der Waals surface area contributed by atoms with Crippen LogP contribution in [0.1, 0.15) is 48.4 Å². The highest BCUT2D eigenvalue weighted by atomic mass is 79.9. The van der Waals surface area contributed by atoms with Gasteiger partial charge in [0.05, 0.1) is 30.4 Å². The highest BCUT2D eigenvalue weighted by Crippen LogP contribution is 2.32. The van der Waals surface area contributed by atoms with Gasteiger partial charge in [0.2, 0.25) is 0 Å². The summed E-state index contributed by atoms with van der Waals surface area (Å²) in [7, 11) is 0. The first-order valence-corrected chi connectivity index (χ1v) is 9.52. The first-order chi connectivity index (χ1) is 11.9. The molecule has 1 fully saturated rings. The van der Waals surface area contributed by atoms with E-state index < -0.39 is 0 Å². The molecule has 0 saturated carbocycles. The number of aromatic nitrogens is 1. The Balaban J connectivity index is 2.11. The summed E-state index contributed by atoms with van der Waals surface area (Å²) in [5, 5.41) is 0. The lowest BCUT2D eigenvalue weighted by atomic mass is 10.0. The van der Waals surface area contributed by atoms with Crippen LogP contribution in [0.2, 0.25) is 0 Å². The molecular formula is C19H25BrN2O3. The summed E-state index contributed by atoms with van der Waals surface area (Å²) in [5.74, 6) is -0.265. The summed E-state index contributed by atoms with van der Waals surface area (Å²) in [5.41, 5.74) is 3.72. The summed E-state index contributed by atoms with van der Waals surface area (Å²) in [6, 6.07) is 4.11. The minimum Gasteiger partial charge on any atom is -0.459 e. The van der Waals surface area contributed by atoms with E-state index in [4.69, 9.17) is 9.47 Å². The summed E-state index contributed by atoms with van der Waals surface area (Å²) in [6.45, 7) is 11.2. The fourth-order valence-corrected chi connectivity index (χ4v) is 3.90. The Bertz CT molecular complexity index is 779. The van der Waals surface area contributed by atoms with E-state index in [0.717, 1.165) is 47.6 Å². The van der Waals surface area contributed by atoms with Gasteiger partial charge in [0.25, 0.3) is 0 Å². The molecule has 3 rings (SSSR count). The number of nitrogens with zero attached hydrogens (tertiary/aromatic N) is 2. The van der Waals surface area contributed by atoms with Crippen LogP contribution in [0, 0.1) is 6.92 Å². The minimum atomic E-state index is -0.265. The molecule has 1 saturated heterocycles. The van der Waals surface area contributed by atoms with E-state index in [1.165, 1.54) is 0 Å². The second-order valence-electron chi connectivity index (χ2n) is 6.77. The molecule has 0 spiro atoms. The summed E-state index contributed by atoms with van der Waals surface area (Å²) in [4.78, 5) is 15.0. The maximum atomic E-state index is 12.6. The number of ether oxygens (including phenoxy) is 2. The second kappa shape index (κ2) is 7.48. The van der Waals surface area contributed by atoms with Gasteiger partial charge in [-0.1, -0.05) is 0 Å². The molecule has 2 aromatic rings. The smallest absolute Gasteiger partial charge is 0.338 e. The minimum absolute atomic E-state index is 0.140. The van der Waals surface area contributed by atoms with Crippen LogP contribution in [0.5, 0.6) is 0 Å². The van der Waals surface area contributed by atoms with Gasteiger partial charge in [-0.25, -0.2) is 4.79 Å². The van der Waals surface area contributed by atoms with Crippen LogP contribution in [0.25, 0.3) is 5.52 Å². The number of pyridine rings is 1. The lowest BCUT2D eigenvalue weighted by molar-refractivity contribution is 0.0186. The van der Waals surface area contributed by atoms with Gasteiger partial charge >= 0.3 is 5.97 Å². The number of hydrogen-bond donors (Lipinski definition) is 0. The summed E-state index contributed by atoms with van der Waals surface area (Å²) < 4.78 is 14.1. The van der Waals surface area contributed by atoms with E-state index in [1.54, 1.807) is 0 Å². The number of esters is 1. The van der Waals surface area contributed by atoms with Crippen molar-refractivity contribution in [1.29, 1.82) is 0 Å². The van der Waals surface area contributed by atoms with Crippen molar-refractivity contribution in [1.82, 2.24) is 9.30 Å². The molecule has 1 aliphatic rings. The van der Waals surface area contributed by atoms with Crippen LogP contribution in [-0.4, -0.2) is 47.7 Å². The zero-order valence-corrected chi connectivity index (χ0v) is 16.8. The number of fused-ring (bicyclic) bond motifs is 1. The molecule has 0 N–H and O–H groups in total. The standard InChI is InChI=1S/C19H25BrN2O3/c1-12(2)25-19(23)15-11-17-16(20)5-6-22(17)18(13(15)3)14(4)21-7-9-24-10-8-21/h5-6,11-12,14H,7-10H2,1-4H3. The SMILES string of the molecule is Cc1c(C(=O)OC(C)C)cc2c(Br)ccn2c1C(C)N1CCOCC1. The van der Waals surface area contributed by atoms with Gasteiger partial charge in [-0.2, -0.15) is 0 Å². The number of halogens is 1. The second-order valence-corrected chi connectivity index (χ2v) is 7.62. The third-order valence-corrected chi connectivity index (χ3v) is 5.43. The predicted molar refractivity (Wildman–Crippen MR) is 101 cm³/mol. The molecule has 1 unspecified atom stereocenters. The van der Waals surface area contributed by atoms with Crippen LogP contribution in [0.15, 0.2) is 22.8 Å². The number of carbonyl (C=O) groups excluding carboxylic acids is 1. The highest BCUT2D eigenvalue weighted by molar-refractivity contribution is 9.10. The number of hydrogen-bond acceptors (Lipinski definition) is 4. The van der Waals surface area contributed by atoms with Crippen molar-refractivity contribution in [2.24, 2.45) is 0 Å². The third kappa shape index (κ3) is 3.61. The van der Waals surface area contributed by atoms with Crippen molar-refractivity contribution in [3.05, 3.63) is 39.6 Å². The monoisotopic (exact) mass is 408 g/mol. The van der Waals surface area contributed by atoms with Crippen LogP contribution in [0.4, 0.5) is 0 Å². The Hall–Kier alpha value is -1.37. The Morgan fingerprint density at radius 2 is 1.96 bits per heavy atom. The molecule has 6 heteroatoms. The molecule has 5 nitrogen and oxygen atoms in total. The van der Waals surface area contributed by atoms with Gasteiger partial charge in [0.1, 0.15) is 0 Å². The van der Waals surface area contributed by atoms with Gasteiger partial charge in [-0.05, 0) is 61.3 Å². The molecule has 2 aromatic heterocycles. The third-order valence-electron chi connectivity index (χ3n) is 4.75. The van der Waals surface area contributed by atoms with Gasteiger partial charge in [0, 0.05) is 35.5 Å². The van der Waals surface area contributed by atoms with Crippen LogP contribution < -0.4 is 0 Å². The zero-order chi connectivity index (χ0) is 18.1. The van der Waals surface area contributed by atoms with E-state index in [0.29, 0.717) is 5.56 Å². The van der Waals surface area contributed by atoms with Crippen LogP contribution in [0.3, 0.4) is 0 Å². The van der Waals surface area contributed by atoms with Gasteiger partial charge in [0.15, 0.2) is 0 Å². The summed E-state index contributed by atoms with van der Waals surface area (Å²) >= 11 is 3.60. The van der Waals surface area contributed by atoms with E-state index in [9.17, 15) is 4.79 Å². The topological polar surface area (TPSA) is 43.2 Å². The molecule has 3 heterocycles. The highest BCUT2D eigenvalue weighted by Gasteiger charge is 2.26. The Labute approximate surface area is 157 Å². The molecule has 0 amide bonds. The average molecular weight is 409 g/mol. The lowest BCUT2D eigenvalue weighted by Gasteiger charge is -2.34. The molecule has 0 aromatic carbocycles. The summed E-state index contributed by atoms with van der Waals surface area (Å²) in [6.07, 6.45) is 1.91. The van der Waals surface area contributed by atoms with Crippen molar-refractivity contribution >= 4 is 27.4 Å².